The zero-order valence-corrected chi connectivity index (χ0v) is 12.5. The maximum absolute atomic E-state index is 5.79. The highest BCUT2D eigenvalue weighted by atomic mass is 15.1. The lowest BCUT2D eigenvalue weighted by molar-refractivity contribution is 0.556. The Morgan fingerprint density at radius 3 is 2.86 bits per heavy atom. The first-order chi connectivity index (χ1) is 10.2. The predicted octanol–water partition coefficient (Wildman–Crippen LogP) is 2.32. The van der Waals surface area contributed by atoms with E-state index in [4.69, 9.17) is 11.5 Å². The molecule has 0 radical (unpaired) electrons. The van der Waals surface area contributed by atoms with Crippen molar-refractivity contribution in [1.29, 1.82) is 0 Å². The molecule has 2 aromatic rings. The van der Waals surface area contributed by atoms with Gasteiger partial charge < -0.3 is 16.8 Å². The first-order valence-electron chi connectivity index (χ1n) is 7.59. The van der Waals surface area contributed by atoms with Crippen LogP contribution in [0.5, 0.6) is 0 Å². The Morgan fingerprint density at radius 1 is 1.24 bits per heavy atom. The van der Waals surface area contributed by atoms with Crippen molar-refractivity contribution in [3.63, 3.8) is 0 Å². The van der Waals surface area contributed by atoms with Gasteiger partial charge in [-0.15, -0.1) is 0 Å². The second kappa shape index (κ2) is 7.73. The van der Waals surface area contributed by atoms with E-state index in [9.17, 15) is 0 Å². The van der Waals surface area contributed by atoms with E-state index in [0.717, 1.165) is 55.5 Å². The van der Waals surface area contributed by atoms with E-state index >= 15 is 0 Å². The van der Waals surface area contributed by atoms with E-state index in [1.807, 2.05) is 12.1 Å². The van der Waals surface area contributed by atoms with Crippen LogP contribution in [0.2, 0.25) is 0 Å². The Labute approximate surface area is 125 Å². The van der Waals surface area contributed by atoms with Crippen molar-refractivity contribution in [2.24, 2.45) is 5.73 Å². The van der Waals surface area contributed by atoms with Gasteiger partial charge in [0.25, 0.3) is 0 Å². The predicted molar refractivity (Wildman–Crippen MR) is 87.0 cm³/mol. The second-order valence-corrected chi connectivity index (χ2v) is 5.22. The van der Waals surface area contributed by atoms with Crippen molar-refractivity contribution in [3.05, 3.63) is 18.3 Å². The van der Waals surface area contributed by atoms with Crippen LogP contribution < -0.4 is 16.8 Å². The van der Waals surface area contributed by atoms with Gasteiger partial charge in [0.05, 0.1) is 5.52 Å². The lowest BCUT2D eigenvalue weighted by atomic mass is 10.0. The zero-order chi connectivity index (χ0) is 15.1. The smallest absolute Gasteiger partial charge is 0.222 e. The van der Waals surface area contributed by atoms with Gasteiger partial charge >= 0.3 is 0 Å². The summed E-state index contributed by atoms with van der Waals surface area (Å²) in [4.78, 5) is 12.9. The molecule has 0 saturated heterocycles. The Kier molecular flexibility index (Phi) is 5.68. The van der Waals surface area contributed by atoms with Crippen molar-refractivity contribution in [2.75, 3.05) is 17.6 Å². The number of aromatic nitrogens is 3. The van der Waals surface area contributed by atoms with Gasteiger partial charge in [-0.1, -0.05) is 19.8 Å². The van der Waals surface area contributed by atoms with E-state index < -0.39 is 0 Å². The largest absolute Gasteiger partial charge is 0.368 e. The van der Waals surface area contributed by atoms with Crippen LogP contribution in [0.3, 0.4) is 0 Å². The number of unbranched alkanes of at least 4 members (excludes halogenated alkanes) is 1. The molecule has 5 N–H and O–H groups in total. The molecular formula is C15H24N6. The molecule has 0 aliphatic heterocycles. The maximum Gasteiger partial charge on any atom is 0.222 e. The summed E-state index contributed by atoms with van der Waals surface area (Å²) in [6, 6.07) is 4.11. The SMILES string of the molecule is CCC[C@@H](CCCCN)Nc1nc(N)nc2cccnc12. The summed E-state index contributed by atoms with van der Waals surface area (Å²) in [5.41, 5.74) is 12.9. The molecule has 0 aromatic carbocycles. The average molecular weight is 288 g/mol. The monoisotopic (exact) mass is 288 g/mol. The third-order valence-electron chi connectivity index (χ3n) is 3.46. The van der Waals surface area contributed by atoms with Gasteiger partial charge in [0.2, 0.25) is 5.95 Å². The van der Waals surface area contributed by atoms with Gasteiger partial charge in [0.1, 0.15) is 5.52 Å². The average Bonchev–Trinajstić information content (AvgIpc) is 2.47. The molecule has 2 heterocycles. The molecule has 0 bridgehead atoms. The van der Waals surface area contributed by atoms with E-state index in [1.54, 1.807) is 6.20 Å². The van der Waals surface area contributed by atoms with Gasteiger partial charge in [-0.2, -0.15) is 4.98 Å². The van der Waals surface area contributed by atoms with Gasteiger partial charge in [-0.25, -0.2) is 4.98 Å². The Bertz CT molecular complexity index is 571. The molecule has 0 aliphatic carbocycles. The van der Waals surface area contributed by atoms with Crippen LogP contribution >= 0.6 is 0 Å². The molecule has 6 heteroatoms. The molecule has 1 atom stereocenters. The second-order valence-electron chi connectivity index (χ2n) is 5.22. The Morgan fingerprint density at radius 2 is 2.10 bits per heavy atom. The number of fused-ring (bicyclic) bond motifs is 1. The summed E-state index contributed by atoms with van der Waals surface area (Å²) >= 11 is 0. The highest BCUT2D eigenvalue weighted by molar-refractivity contribution is 5.85. The van der Waals surface area contributed by atoms with E-state index in [1.165, 1.54) is 0 Å². The Hall–Kier alpha value is -1.95. The number of nitrogens with zero attached hydrogens (tertiary/aromatic N) is 3. The molecule has 2 aromatic heterocycles. The summed E-state index contributed by atoms with van der Waals surface area (Å²) in [6.45, 7) is 2.92. The van der Waals surface area contributed by atoms with Crippen molar-refractivity contribution < 1.29 is 0 Å². The van der Waals surface area contributed by atoms with Crippen LogP contribution in [0.4, 0.5) is 11.8 Å². The number of hydrogen-bond donors (Lipinski definition) is 3. The van der Waals surface area contributed by atoms with E-state index in [2.05, 4.69) is 27.2 Å². The number of nitrogens with two attached hydrogens (primary N) is 2. The lowest BCUT2D eigenvalue weighted by Crippen LogP contribution is -2.21. The first kappa shape index (κ1) is 15.4. The standard InChI is InChI=1S/C15H24N6/c1-2-6-11(7-3-4-9-16)19-14-13-12(8-5-10-18-13)20-15(17)21-14/h5,8,10-11H,2-4,6-7,9,16H2,1H3,(H3,17,19,20,21)/t11-/m0/s1. The molecule has 2 rings (SSSR count). The van der Waals surface area contributed by atoms with Gasteiger partial charge in [-0.3, -0.25) is 4.98 Å². The van der Waals surface area contributed by atoms with Gasteiger partial charge in [0.15, 0.2) is 5.82 Å². The maximum atomic E-state index is 5.79. The van der Waals surface area contributed by atoms with Crippen LogP contribution in [0.1, 0.15) is 39.0 Å². The van der Waals surface area contributed by atoms with Crippen LogP contribution in [0.15, 0.2) is 18.3 Å². The quantitative estimate of drug-likeness (QED) is 0.644. The summed E-state index contributed by atoms with van der Waals surface area (Å²) in [6.07, 6.45) is 7.18. The fourth-order valence-corrected chi connectivity index (χ4v) is 2.45. The highest BCUT2D eigenvalue weighted by Gasteiger charge is 2.12. The van der Waals surface area contributed by atoms with Crippen molar-refractivity contribution in [2.45, 2.75) is 45.1 Å². The number of rotatable bonds is 8. The highest BCUT2D eigenvalue weighted by Crippen LogP contribution is 2.21. The number of nitrogen functional groups attached to an aromatic ring is 1. The molecule has 114 valence electrons. The molecule has 0 amide bonds. The van der Waals surface area contributed by atoms with Crippen molar-refractivity contribution in [3.8, 4) is 0 Å². The summed E-state index contributed by atoms with van der Waals surface area (Å²) in [7, 11) is 0. The molecule has 6 nitrogen and oxygen atoms in total. The topological polar surface area (TPSA) is 103 Å². The van der Waals surface area contributed by atoms with Crippen molar-refractivity contribution >= 4 is 22.8 Å². The lowest BCUT2D eigenvalue weighted by Gasteiger charge is -2.19. The third-order valence-corrected chi connectivity index (χ3v) is 3.46. The van der Waals surface area contributed by atoms with E-state index in [0.29, 0.717) is 6.04 Å². The number of pyridine rings is 1. The number of hydrogen-bond acceptors (Lipinski definition) is 6. The molecule has 0 spiro atoms. The number of anilines is 2. The Balaban J connectivity index is 2.19. The van der Waals surface area contributed by atoms with Crippen LogP contribution in [-0.2, 0) is 0 Å². The number of nitrogens with one attached hydrogen (secondary N) is 1. The fraction of sp³-hybridized carbons (Fsp3) is 0.533. The molecule has 0 saturated carbocycles. The van der Waals surface area contributed by atoms with Crippen LogP contribution in [-0.4, -0.2) is 27.5 Å². The van der Waals surface area contributed by atoms with Gasteiger partial charge in [0, 0.05) is 12.2 Å². The summed E-state index contributed by atoms with van der Waals surface area (Å²) in [5.74, 6) is 1.000. The first-order valence-corrected chi connectivity index (χ1v) is 7.59. The van der Waals surface area contributed by atoms with Crippen LogP contribution in [0.25, 0.3) is 11.0 Å². The normalized spacial score (nSPS) is 12.5. The molecule has 0 aliphatic rings. The minimum absolute atomic E-state index is 0.273. The zero-order valence-electron chi connectivity index (χ0n) is 12.5. The molecule has 0 fully saturated rings. The summed E-state index contributed by atoms with van der Waals surface area (Å²) < 4.78 is 0. The molecule has 21 heavy (non-hydrogen) atoms. The van der Waals surface area contributed by atoms with Crippen LogP contribution in [0, 0.1) is 0 Å². The molecular weight excluding hydrogens is 264 g/mol. The third kappa shape index (κ3) is 4.26. The van der Waals surface area contributed by atoms with E-state index in [-0.39, 0.29) is 5.95 Å². The summed E-state index contributed by atoms with van der Waals surface area (Å²) in [5, 5.41) is 3.49. The minimum Gasteiger partial charge on any atom is -0.368 e. The van der Waals surface area contributed by atoms with Gasteiger partial charge in [-0.05, 0) is 37.9 Å². The van der Waals surface area contributed by atoms with Crippen molar-refractivity contribution in [1.82, 2.24) is 15.0 Å². The molecule has 0 unspecified atom stereocenters. The minimum atomic E-state index is 0.273. The fourth-order valence-electron chi connectivity index (χ4n) is 2.45.